The summed E-state index contributed by atoms with van der Waals surface area (Å²) in [6.45, 7) is 4.89. The lowest BCUT2D eigenvalue weighted by Crippen LogP contribution is -2.58. The van der Waals surface area contributed by atoms with Crippen LogP contribution in [0.1, 0.15) is 13.8 Å². The maximum atomic E-state index is 13.2. The van der Waals surface area contributed by atoms with Gasteiger partial charge in [0.05, 0.1) is 15.9 Å². The number of hydrogen-bond donors (Lipinski definition) is 2. The summed E-state index contributed by atoms with van der Waals surface area (Å²) >= 11 is 0. The first-order chi connectivity index (χ1) is 12.9. The Morgan fingerprint density at radius 3 is 2.22 bits per heavy atom. The Balaban J connectivity index is 1.63. The average Bonchev–Trinajstić information content (AvgIpc) is 3.01. The number of piperazine rings is 1. The van der Waals surface area contributed by atoms with Crippen molar-refractivity contribution in [3.63, 3.8) is 0 Å². The van der Waals surface area contributed by atoms with Crippen molar-refractivity contribution in [2.24, 2.45) is 0 Å². The molecule has 2 aromatic carbocycles. The molecule has 2 unspecified atom stereocenters. The number of imidazole rings is 1. The van der Waals surface area contributed by atoms with E-state index in [2.05, 4.69) is 14.9 Å². The second-order valence-electron chi connectivity index (χ2n) is 7.05. The predicted molar refractivity (Wildman–Crippen MR) is 106 cm³/mol. The molecule has 1 aliphatic rings. The number of H-pyrrole nitrogens is 2. The molecule has 7 nitrogen and oxygen atoms in total. The number of nitrogens with zero attached hydrogens (tertiary/aromatic N) is 2. The van der Waals surface area contributed by atoms with Crippen LogP contribution in [0.2, 0.25) is 0 Å². The van der Waals surface area contributed by atoms with Crippen LogP contribution in [-0.2, 0) is 10.0 Å². The minimum Gasteiger partial charge on any atom is -0.363 e. The largest absolute Gasteiger partial charge is 0.363 e. The van der Waals surface area contributed by atoms with Gasteiger partial charge in [0, 0.05) is 30.9 Å². The molecule has 0 amide bonds. The van der Waals surface area contributed by atoms with Crippen molar-refractivity contribution in [3.8, 4) is 0 Å². The minimum absolute atomic E-state index is 0.0433. The first-order valence-corrected chi connectivity index (χ1v) is 10.4. The van der Waals surface area contributed by atoms with Gasteiger partial charge in [-0.1, -0.05) is 18.2 Å². The Hall–Kier alpha value is -2.58. The highest BCUT2D eigenvalue weighted by atomic mass is 32.2. The molecular weight excluding hydrogens is 364 g/mol. The summed E-state index contributed by atoms with van der Waals surface area (Å²) in [7, 11) is -3.64. The van der Waals surface area contributed by atoms with Crippen molar-refractivity contribution in [3.05, 3.63) is 59.0 Å². The van der Waals surface area contributed by atoms with Gasteiger partial charge in [-0.3, -0.25) is 0 Å². The third-order valence-corrected chi connectivity index (χ3v) is 6.89. The molecule has 0 spiro atoms. The second kappa shape index (κ2) is 6.54. The van der Waals surface area contributed by atoms with E-state index in [1.165, 1.54) is 10.4 Å². The number of aromatic amines is 2. The smallest absolute Gasteiger partial charge is 0.323 e. The van der Waals surface area contributed by atoms with Crippen LogP contribution >= 0.6 is 0 Å². The van der Waals surface area contributed by atoms with Gasteiger partial charge in [-0.25, -0.2) is 13.2 Å². The molecule has 3 aromatic rings. The van der Waals surface area contributed by atoms with Gasteiger partial charge in [0.2, 0.25) is 10.0 Å². The average molecular weight is 386 g/mol. The Kier molecular flexibility index (Phi) is 4.32. The number of anilines is 1. The van der Waals surface area contributed by atoms with E-state index in [9.17, 15) is 13.2 Å². The van der Waals surface area contributed by atoms with E-state index in [-0.39, 0.29) is 22.7 Å². The molecular formula is C19H22N4O3S. The molecule has 1 aliphatic heterocycles. The van der Waals surface area contributed by atoms with Crippen LogP contribution in [0.15, 0.2) is 58.2 Å². The zero-order valence-corrected chi connectivity index (χ0v) is 16.0. The third-order valence-electron chi connectivity index (χ3n) is 5.06. The lowest BCUT2D eigenvalue weighted by Gasteiger charge is -2.45. The van der Waals surface area contributed by atoms with E-state index in [0.29, 0.717) is 24.1 Å². The van der Waals surface area contributed by atoms with E-state index in [1.807, 2.05) is 44.2 Å². The fourth-order valence-electron chi connectivity index (χ4n) is 3.90. The maximum Gasteiger partial charge on any atom is 0.323 e. The topological polar surface area (TPSA) is 89.3 Å². The summed E-state index contributed by atoms with van der Waals surface area (Å²) in [4.78, 5) is 19.1. The zero-order chi connectivity index (χ0) is 19.2. The van der Waals surface area contributed by atoms with Crippen LogP contribution < -0.4 is 10.6 Å². The molecule has 0 saturated carbocycles. The number of benzene rings is 2. The highest BCUT2D eigenvalue weighted by molar-refractivity contribution is 7.89. The second-order valence-corrected chi connectivity index (χ2v) is 8.99. The van der Waals surface area contributed by atoms with E-state index in [4.69, 9.17) is 0 Å². The van der Waals surface area contributed by atoms with Crippen molar-refractivity contribution in [2.75, 3.05) is 18.0 Å². The van der Waals surface area contributed by atoms with Crippen molar-refractivity contribution >= 4 is 26.7 Å². The SMILES string of the molecule is CC1CN(S(=O)(=O)c2ccc3[nH]c(=O)[nH]c3c2)CC(C)N1c1ccccc1. The molecule has 8 heteroatoms. The number of fused-ring (bicyclic) bond motifs is 1. The van der Waals surface area contributed by atoms with E-state index in [0.717, 1.165) is 5.69 Å². The first kappa shape index (κ1) is 17.8. The Labute approximate surface area is 157 Å². The molecule has 0 bridgehead atoms. The fourth-order valence-corrected chi connectivity index (χ4v) is 5.53. The monoisotopic (exact) mass is 386 g/mol. The van der Waals surface area contributed by atoms with Gasteiger partial charge in [-0.15, -0.1) is 0 Å². The standard InChI is InChI=1S/C19H22N4O3S/c1-13-11-22(12-14(2)23(13)15-6-4-3-5-7-15)27(25,26)16-8-9-17-18(10-16)21-19(24)20-17/h3-10,13-14H,11-12H2,1-2H3,(H2,20,21,24). The van der Waals surface area contributed by atoms with E-state index < -0.39 is 10.0 Å². The van der Waals surface area contributed by atoms with Crippen molar-refractivity contribution < 1.29 is 8.42 Å². The summed E-state index contributed by atoms with van der Waals surface area (Å²) in [5.74, 6) is 0. The minimum atomic E-state index is -3.64. The molecule has 27 heavy (non-hydrogen) atoms. The summed E-state index contributed by atoms with van der Waals surface area (Å²) in [5, 5.41) is 0. The number of aromatic nitrogens is 2. The number of hydrogen-bond acceptors (Lipinski definition) is 4. The normalized spacial score (nSPS) is 21.6. The van der Waals surface area contributed by atoms with Crippen molar-refractivity contribution in [1.82, 2.24) is 14.3 Å². The summed E-state index contributed by atoms with van der Waals surface area (Å²) in [5.41, 5.74) is 1.83. The fraction of sp³-hybridized carbons (Fsp3) is 0.316. The number of nitrogens with one attached hydrogen (secondary N) is 2. The molecule has 2 N–H and O–H groups in total. The van der Waals surface area contributed by atoms with Crippen LogP contribution in [-0.4, -0.2) is 47.9 Å². The molecule has 0 radical (unpaired) electrons. The quantitative estimate of drug-likeness (QED) is 0.722. The molecule has 142 valence electrons. The van der Waals surface area contributed by atoms with Crippen LogP contribution in [0.5, 0.6) is 0 Å². The Bertz CT molecular complexity index is 1110. The molecule has 1 fully saturated rings. The third kappa shape index (κ3) is 3.15. The number of rotatable bonds is 3. The number of para-hydroxylation sites is 1. The van der Waals surface area contributed by atoms with Gasteiger partial charge in [0.1, 0.15) is 0 Å². The maximum absolute atomic E-state index is 13.2. The lowest BCUT2D eigenvalue weighted by atomic mass is 10.1. The highest BCUT2D eigenvalue weighted by Crippen LogP contribution is 2.28. The van der Waals surface area contributed by atoms with Crippen LogP contribution in [0, 0.1) is 0 Å². The van der Waals surface area contributed by atoms with Crippen molar-refractivity contribution in [2.45, 2.75) is 30.8 Å². The summed E-state index contributed by atoms with van der Waals surface area (Å²) in [6, 6.07) is 14.8. The van der Waals surface area contributed by atoms with E-state index in [1.54, 1.807) is 12.1 Å². The number of sulfonamides is 1. The van der Waals surface area contributed by atoms with Gasteiger partial charge in [0.15, 0.2) is 0 Å². The molecule has 0 aliphatic carbocycles. The highest BCUT2D eigenvalue weighted by Gasteiger charge is 2.36. The zero-order valence-electron chi connectivity index (χ0n) is 15.2. The van der Waals surface area contributed by atoms with Gasteiger partial charge in [-0.05, 0) is 44.2 Å². The predicted octanol–water partition coefficient (Wildman–Crippen LogP) is 2.14. The van der Waals surface area contributed by atoms with Crippen LogP contribution in [0.25, 0.3) is 11.0 Å². The van der Waals surface area contributed by atoms with Gasteiger partial charge in [-0.2, -0.15) is 4.31 Å². The summed E-state index contributed by atoms with van der Waals surface area (Å²) in [6.07, 6.45) is 0. The lowest BCUT2D eigenvalue weighted by molar-refractivity contribution is 0.301. The van der Waals surface area contributed by atoms with Gasteiger partial charge < -0.3 is 14.9 Å². The molecule has 1 aromatic heterocycles. The molecule has 2 atom stereocenters. The van der Waals surface area contributed by atoms with Gasteiger partial charge in [0.25, 0.3) is 0 Å². The molecule has 1 saturated heterocycles. The van der Waals surface area contributed by atoms with E-state index >= 15 is 0 Å². The Morgan fingerprint density at radius 1 is 0.926 bits per heavy atom. The first-order valence-electron chi connectivity index (χ1n) is 8.92. The van der Waals surface area contributed by atoms with Crippen LogP contribution in [0.3, 0.4) is 0 Å². The van der Waals surface area contributed by atoms with Crippen molar-refractivity contribution in [1.29, 1.82) is 0 Å². The van der Waals surface area contributed by atoms with Crippen LogP contribution in [0.4, 0.5) is 5.69 Å². The molecule has 4 rings (SSSR count). The summed E-state index contributed by atoms with van der Waals surface area (Å²) < 4.78 is 27.9. The Morgan fingerprint density at radius 2 is 1.56 bits per heavy atom. The molecule has 2 heterocycles. The van der Waals surface area contributed by atoms with Gasteiger partial charge >= 0.3 is 5.69 Å².